The highest BCUT2D eigenvalue weighted by Gasteiger charge is 2.07. The van der Waals surface area contributed by atoms with Gasteiger partial charge in [0.05, 0.1) is 7.11 Å². The molecule has 1 amide bonds. The highest BCUT2D eigenvalue weighted by molar-refractivity contribution is 5.94. The second kappa shape index (κ2) is 8.91. The Kier molecular flexibility index (Phi) is 6.61. The number of nitrogens with one attached hydrogen (secondary N) is 1. The SMILES string of the molecule is CCN(CCCNC(=O)c1cccc(F)c1)c1ccc(OC)cc1. The summed E-state index contributed by atoms with van der Waals surface area (Å²) >= 11 is 0. The lowest BCUT2D eigenvalue weighted by molar-refractivity contribution is 0.0953. The van der Waals surface area contributed by atoms with Crippen LogP contribution >= 0.6 is 0 Å². The van der Waals surface area contributed by atoms with Crippen LogP contribution in [0.1, 0.15) is 23.7 Å². The number of carbonyl (C=O) groups is 1. The monoisotopic (exact) mass is 330 g/mol. The molecule has 128 valence electrons. The van der Waals surface area contributed by atoms with Crippen molar-refractivity contribution in [2.45, 2.75) is 13.3 Å². The minimum absolute atomic E-state index is 0.248. The largest absolute Gasteiger partial charge is 0.497 e. The molecule has 0 fully saturated rings. The van der Waals surface area contributed by atoms with E-state index in [1.54, 1.807) is 13.2 Å². The minimum Gasteiger partial charge on any atom is -0.497 e. The first-order valence-corrected chi connectivity index (χ1v) is 8.06. The number of benzene rings is 2. The molecule has 0 aliphatic carbocycles. The molecule has 0 spiro atoms. The maximum absolute atomic E-state index is 13.1. The van der Waals surface area contributed by atoms with Gasteiger partial charge in [-0.2, -0.15) is 0 Å². The van der Waals surface area contributed by atoms with Crippen LogP contribution < -0.4 is 15.0 Å². The molecule has 0 heterocycles. The number of carbonyl (C=O) groups excluding carboxylic acids is 1. The van der Waals surface area contributed by atoms with Gasteiger partial charge >= 0.3 is 0 Å². The molecule has 0 radical (unpaired) electrons. The molecule has 0 bridgehead atoms. The smallest absolute Gasteiger partial charge is 0.251 e. The lowest BCUT2D eigenvalue weighted by Crippen LogP contribution is -2.30. The van der Waals surface area contributed by atoms with Crippen LogP contribution in [0.2, 0.25) is 0 Å². The van der Waals surface area contributed by atoms with E-state index >= 15 is 0 Å². The van der Waals surface area contributed by atoms with E-state index in [9.17, 15) is 9.18 Å². The van der Waals surface area contributed by atoms with Gasteiger partial charge in [-0.15, -0.1) is 0 Å². The van der Waals surface area contributed by atoms with Gasteiger partial charge in [0.25, 0.3) is 5.91 Å². The first-order chi connectivity index (χ1) is 11.6. The summed E-state index contributed by atoms with van der Waals surface area (Å²) < 4.78 is 18.3. The van der Waals surface area contributed by atoms with Crippen LogP contribution in [0.5, 0.6) is 5.75 Å². The van der Waals surface area contributed by atoms with Crippen LogP contribution in [0.15, 0.2) is 48.5 Å². The molecule has 2 aromatic carbocycles. The summed E-state index contributed by atoms with van der Waals surface area (Å²) in [6.45, 7) is 4.34. The van der Waals surface area contributed by atoms with Crippen molar-refractivity contribution in [2.75, 3.05) is 31.6 Å². The number of halogens is 1. The van der Waals surface area contributed by atoms with Gasteiger partial charge in [0.2, 0.25) is 0 Å². The van der Waals surface area contributed by atoms with E-state index < -0.39 is 5.82 Å². The summed E-state index contributed by atoms with van der Waals surface area (Å²) in [6.07, 6.45) is 0.806. The van der Waals surface area contributed by atoms with Gasteiger partial charge < -0.3 is 15.0 Å². The normalized spacial score (nSPS) is 10.3. The molecule has 0 atom stereocenters. The zero-order valence-corrected chi connectivity index (χ0v) is 14.1. The molecule has 0 saturated carbocycles. The average molecular weight is 330 g/mol. The van der Waals surface area contributed by atoms with Crippen LogP contribution in [-0.4, -0.2) is 32.7 Å². The van der Waals surface area contributed by atoms with Gasteiger partial charge in [0.15, 0.2) is 0 Å². The van der Waals surface area contributed by atoms with Gasteiger partial charge in [-0.3, -0.25) is 4.79 Å². The fourth-order valence-corrected chi connectivity index (χ4v) is 2.47. The lowest BCUT2D eigenvalue weighted by atomic mass is 10.2. The molecular weight excluding hydrogens is 307 g/mol. The second-order valence-corrected chi connectivity index (χ2v) is 5.40. The van der Waals surface area contributed by atoms with E-state index in [4.69, 9.17) is 4.74 Å². The van der Waals surface area contributed by atoms with E-state index in [-0.39, 0.29) is 5.91 Å². The van der Waals surface area contributed by atoms with E-state index in [0.29, 0.717) is 12.1 Å². The van der Waals surface area contributed by atoms with Gasteiger partial charge in [-0.1, -0.05) is 6.07 Å². The third-order valence-electron chi connectivity index (χ3n) is 3.80. The minimum atomic E-state index is -0.403. The molecule has 2 rings (SSSR count). The van der Waals surface area contributed by atoms with Crippen molar-refractivity contribution in [3.05, 3.63) is 59.9 Å². The standard InChI is InChI=1S/C19H23FN2O2/c1-3-22(17-8-10-18(24-2)11-9-17)13-5-12-21-19(23)15-6-4-7-16(20)14-15/h4,6-11,14H,3,5,12-13H2,1-2H3,(H,21,23). The molecule has 2 aromatic rings. The number of hydrogen-bond donors (Lipinski definition) is 1. The van der Waals surface area contributed by atoms with Gasteiger partial charge in [-0.25, -0.2) is 4.39 Å². The summed E-state index contributed by atoms with van der Waals surface area (Å²) in [5, 5.41) is 2.82. The highest BCUT2D eigenvalue weighted by atomic mass is 19.1. The number of amides is 1. The summed E-state index contributed by atoms with van der Waals surface area (Å²) in [4.78, 5) is 14.2. The molecular formula is C19H23FN2O2. The van der Waals surface area contributed by atoms with Crippen molar-refractivity contribution in [1.29, 1.82) is 0 Å². The fraction of sp³-hybridized carbons (Fsp3) is 0.316. The predicted octanol–water partition coefficient (Wildman–Crippen LogP) is 3.48. The highest BCUT2D eigenvalue weighted by Crippen LogP contribution is 2.19. The van der Waals surface area contributed by atoms with Crippen LogP contribution in [0.4, 0.5) is 10.1 Å². The van der Waals surface area contributed by atoms with Crippen molar-refractivity contribution in [3.63, 3.8) is 0 Å². The molecule has 0 aliphatic heterocycles. The number of ether oxygens (including phenoxy) is 1. The summed E-state index contributed by atoms with van der Waals surface area (Å²) in [5.41, 5.74) is 1.47. The number of anilines is 1. The molecule has 0 saturated heterocycles. The second-order valence-electron chi connectivity index (χ2n) is 5.40. The van der Waals surface area contributed by atoms with E-state index in [0.717, 1.165) is 30.9 Å². The third-order valence-corrected chi connectivity index (χ3v) is 3.80. The number of nitrogens with zero attached hydrogens (tertiary/aromatic N) is 1. The van der Waals surface area contributed by atoms with Crippen molar-refractivity contribution in [1.82, 2.24) is 5.32 Å². The Bertz CT molecular complexity index is 659. The zero-order chi connectivity index (χ0) is 17.4. The molecule has 4 nitrogen and oxygen atoms in total. The summed E-state index contributed by atoms with van der Waals surface area (Å²) in [7, 11) is 1.65. The lowest BCUT2D eigenvalue weighted by Gasteiger charge is -2.23. The van der Waals surface area contributed by atoms with Crippen molar-refractivity contribution in [3.8, 4) is 5.75 Å². The van der Waals surface area contributed by atoms with Gasteiger partial charge in [0.1, 0.15) is 11.6 Å². The Morgan fingerprint density at radius 1 is 1.21 bits per heavy atom. The quantitative estimate of drug-likeness (QED) is 0.754. The van der Waals surface area contributed by atoms with Gasteiger partial charge in [-0.05, 0) is 55.8 Å². The first kappa shape index (κ1) is 17.8. The first-order valence-electron chi connectivity index (χ1n) is 8.06. The van der Waals surface area contributed by atoms with Crippen LogP contribution in [-0.2, 0) is 0 Å². The molecule has 1 N–H and O–H groups in total. The number of rotatable bonds is 8. The Labute approximate surface area is 142 Å². The number of methoxy groups -OCH3 is 1. The summed E-state index contributed by atoms with van der Waals surface area (Å²) in [6, 6.07) is 13.6. The number of hydrogen-bond acceptors (Lipinski definition) is 3. The molecule has 0 unspecified atom stereocenters. The van der Waals surface area contributed by atoms with E-state index in [1.807, 2.05) is 24.3 Å². The Balaban J connectivity index is 1.80. The third kappa shape index (κ3) is 4.98. The Morgan fingerprint density at radius 3 is 2.58 bits per heavy atom. The van der Waals surface area contributed by atoms with Crippen molar-refractivity contribution < 1.29 is 13.9 Å². The van der Waals surface area contributed by atoms with Gasteiger partial charge in [0, 0.05) is 30.9 Å². The topological polar surface area (TPSA) is 41.6 Å². The average Bonchev–Trinajstić information content (AvgIpc) is 2.62. The zero-order valence-electron chi connectivity index (χ0n) is 14.1. The maximum atomic E-state index is 13.1. The van der Waals surface area contributed by atoms with Crippen LogP contribution in [0.3, 0.4) is 0 Å². The Hall–Kier alpha value is -2.56. The molecule has 0 aromatic heterocycles. The van der Waals surface area contributed by atoms with E-state index in [1.165, 1.54) is 18.2 Å². The van der Waals surface area contributed by atoms with Crippen LogP contribution in [0, 0.1) is 5.82 Å². The van der Waals surface area contributed by atoms with Crippen LogP contribution in [0.25, 0.3) is 0 Å². The Morgan fingerprint density at radius 2 is 1.96 bits per heavy atom. The molecule has 5 heteroatoms. The van der Waals surface area contributed by atoms with Crippen molar-refractivity contribution in [2.24, 2.45) is 0 Å². The van der Waals surface area contributed by atoms with E-state index in [2.05, 4.69) is 17.1 Å². The predicted molar refractivity (Wildman–Crippen MR) is 94.2 cm³/mol. The molecule has 0 aliphatic rings. The fourth-order valence-electron chi connectivity index (χ4n) is 2.47. The molecule has 24 heavy (non-hydrogen) atoms. The summed E-state index contributed by atoms with van der Waals surface area (Å²) in [5.74, 6) is 0.179. The maximum Gasteiger partial charge on any atom is 0.251 e. The van der Waals surface area contributed by atoms with Crippen molar-refractivity contribution >= 4 is 11.6 Å².